The van der Waals surface area contributed by atoms with Crippen molar-refractivity contribution in [2.75, 3.05) is 26.7 Å². The van der Waals surface area contributed by atoms with Crippen LogP contribution < -0.4 is 4.74 Å². The molecule has 3 aliphatic rings. The zero-order valence-electron chi connectivity index (χ0n) is 15.5. The van der Waals surface area contributed by atoms with E-state index in [2.05, 4.69) is 41.5 Å². The van der Waals surface area contributed by atoms with Gasteiger partial charge in [-0.1, -0.05) is 25.1 Å². The lowest BCUT2D eigenvalue weighted by Crippen LogP contribution is -2.48. The SMILES string of the molecule is C=CCc1cc(CN2CC3CCC(C2)N(CCC)C3=O)ccc1OC. The summed E-state index contributed by atoms with van der Waals surface area (Å²) in [5.74, 6) is 1.47. The van der Waals surface area contributed by atoms with Gasteiger partial charge in [0.2, 0.25) is 5.91 Å². The summed E-state index contributed by atoms with van der Waals surface area (Å²) >= 11 is 0. The van der Waals surface area contributed by atoms with Crippen LogP contribution in [0, 0.1) is 5.92 Å². The van der Waals surface area contributed by atoms with Crippen LogP contribution >= 0.6 is 0 Å². The maximum atomic E-state index is 12.7. The monoisotopic (exact) mass is 342 g/mol. The Hall–Kier alpha value is -1.81. The molecule has 3 fully saturated rings. The van der Waals surface area contributed by atoms with Crippen molar-refractivity contribution in [3.05, 3.63) is 42.0 Å². The molecule has 3 heterocycles. The zero-order chi connectivity index (χ0) is 17.8. The summed E-state index contributed by atoms with van der Waals surface area (Å²) in [6, 6.07) is 6.80. The minimum absolute atomic E-state index is 0.177. The minimum Gasteiger partial charge on any atom is -0.496 e. The van der Waals surface area contributed by atoms with Crippen molar-refractivity contribution in [1.29, 1.82) is 0 Å². The Labute approximate surface area is 151 Å². The van der Waals surface area contributed by atoms with Gasteiger partial charge in [-0.3, -0.25) is 9.69 Å². The van der Waals surface area contributed by atoms with Gasteiger partial charge in [0.1, 0.15) is 5.75 Å². The van der Waals surface area contributed by atoms with Gasteiger partial charge in [0, 0.05) is 32.2 Å². The lowest BCUT2D eigenvalue weighted by atomic mass is 9.94. The molecule has 0 spiro atoms. The molecule has 1 amide bonds. The van der Waals surface area contributed by atoms with Crippen molar-refractivity contribution in [2.45, 2.75) is 45.2 Å². The van der Waals surface area contributed by atoms with Gasteiger partial charge in [-0.2, -0.15) is 0 Å². The van der Waals surface area contributed by atoms with E-state index in [4.69, 9.17) is 4.74 Å². The Morgan fingerprint density at radius 1 is 1.32 bits per heavy atom. The van der Waals surface area contributed by atoms with Crippen LogP contribution in [-0.4, -0.2) is 48.5 Å². The first-order valence-corrected chi connectivity index (χ1v) is 9.45. The zero-order valence-corrected chi connectivity index (χ0v) is 15.5. The molecule has 0 N–H and O–H groups in total. The lowest BCUT2D eigenvalue weighted by molar-refractivity contribution is -0.139. The van der Waals surface area contributed by atoms with E-state index in [1.165, 1.54) is 11.1 Å². The summed E-state index contributed by atoms with van der Waals surface area (Å²) in [5.41, 5.74) is 2.46. The summed E-state index contributed by atoms with van der Waals surface area (Å²) in [4.78, 5) is 17.3. The molecule has 0 radical (unpaired) electrons. The molecule has 3 aliphatic heterocycles. The van der Waals surface area contributed by atoms with Gasteiger partial charge in [0.05, 0.1) is 13.0 Å². The molecule has 2 bridgehead atoms. The number of amides is 1. The van der Waals surface area contributed by atoms with E-state index in [0.29, 0.717) is 11.9 Å². The highest BCUT2D eigenvalue weighted by molar-refractivity contribution is 5.80. The van der Waals surface area contributed by atoms with Crippen LogP contribution in [0.25, 0.3) is 0 Å². The summed E-state index contributed by atoms with van der Waals surface area (Å²) in [6.07, 6.45) is 5.96. The van der Waals surface area contributed by atoms with Crippen LogP contribution in [0.5, 0.6) is 5.75 Å². The van der Waals surface area contributed by atoms with Crippen molar-refractivity contribution < 1.29 is 9.53 Å². The second-order valence-corrected chi connectivity index (χ2v) is 7.29. The van der Waals surface area contributed by atoms with Gasteiger partial charge in [0.15, 0.2) is 0 Å². The third-order valence-electron chi connectivity index (χ3n) is 5.45. The van der Waals surface area contributed by atoms with Gasteiger partial charge in [0.25, 0.3) is 0 Å². The first kappa shape index (κ1) is 18.0. The van der Waals surface area contributed by atoms with Crippen LogP contribution in [0.4, 0.5) is 0 Å². The lowest BCUT2D eigenvalue weighted by Gasteiger charge is -2.35. The number of fused-ring (bicyclic) bond motifs is 4. The molecular weight excluding hydrogens is 312 g/mol. The molecule has 4 heteroatoms. The molecule has 4 rings (SSSR count). The molecule has 4 nitrogen and oxygen atoms in total. The molecule has 1 aromatic rings. The van der Waals surface area contributed by atoms with Gasteiger partial charge in [-0.15, -0.1) is 6.58 Å². The number of piperidine rings is 1. The van der Waals surface area contributed by atoms with Crippen molar-refractivity contribution in [2.24, 2.45) is 5.92 Å². The first-order chi connectivity index (χ1) is 12.2. The van der Waals surface area contributed by atoms with E-state index >= 15 is 0 Å². The number of nitrogens with zero attached hydrogens (tertiary/aromatic N) is 2. The topological polar surface area (TPSA) is 32.8 Å². The van der Waals surface area contributed by atoms with Gasteiger partial charge in [-0.05, 0) is 42.9 Å². The molecule has 0 aromatic heterocycles. The van der Waals surface area contributed by atoms with Crippen molar-refractivity contribution in [3.8, 4) is 5.75 Å². The molecule has 1 aromatic carbocycles. The van der Waals surface area contributed by atoms with Crippen molar-refractivity contribution in [1.82, 2.24) is 9.80 Å². The number of rotatable bonds is 7. The predicted molar refractivity (Wildman–Crippen MR) is 101 cm³/mol. The standard InChI is InChI=1S/C21H30N2O2/c1-4-6-17-12-16(7-10-20(17)25-3)13-22-14-18-8-9-19(15-22)23(11-5-2)21(18)24/h4,7,10,12,18-19H,1,5-6,8-9,11,13-15H2,2-3H3. The number of hydrogen-bond donors (Lipinski definition) is 0. The minimum atomic E-state index is 0.177. The Kier molecular flexibility index (Phi) is 5.79. The van der Waals surface area contributed by atoms with Crippen LogP contribution in [0.15, 0.2) is 30.9 Å². The largest absolute Gasteiger partial charge is 0.496 e. The summed E-state index contributed by atoms with van der Waals surface area (Å²) in [5, 5.41) is 0. The third kappa shape index (κ3) is 3.90. The molecule has 0 aliphatic carbocycles. The highest BCUT2D eigenvalue weighted by Gasteiger charge is 2.39. The normalized spacial score (nSPS) is 23.6. The average Bonchev–Trinajstić information content (AvgIpc) is 2.87. The Morgan fingerprint density at radius 2 is 2.16 bits per heavy atom. The molecule has 25 heavy (non-hydrogen) atoms. The maximum Gasteiger partial charge on any atom is 0.227 e. The second kappa shape index (κ2) is 8.05. The van der Waals surface area contributed by atoms with E-state index in [9.17, 15) is 4.79 Å². The van der Waals surface area contributed by atoms with Crippen LogP contribution in [0.1, 0.15) is 37.3 Å². The predicted octanol–water partition coefficient (Wildman–Crippen LogP) is 3.26. The van der Waals surface area contributed by atoms with Crippen LogP contribution in [-0.2, 0) is 17.8 Å². The third-order valence-corrected chi connectivity index (χ3v) is 5.45. The number of methoxy groups -OCH3 is 1. The van der Waals surface area contributed by atoms with Gasteiger partial charge >= 0.3 is 0 Å². The summed E-state index contributed by atoms with van der Waals surface area (Å²) in [7, 11) is 1.71. The Morgan fingerprint density at radius 3 is 2.88 bits per heavy atom. The Balaban J connectivity index is 1.74. The van der Waals surface area contributed by atoms with E-state index in [1.54, 1.807) is 7.11 Å². The highest BCUT2D eigenvalue weighted by atomic mass is 16.5. The number of hydrogen-bond acceptors (Lipinski definition) is 3. The number of carbonyl (C=O) groups excluding carboxylic acids is 1. The fourth-order valence-corrected chi connectivity index (χ4v) is 4.30. The fourth-order valence-electron chi connectivity index (χ4n) is 4.30. The summed E-state index contributed by atoms with van der Waals surface area (Å²) < 4.78 is 5.45. The fraction of sp³-hybridized carbons (Fsp3) is 0.571. The van der Waals surface area contributed by atoms with Crippen LogP contribution in [0.2, 0.25) is 0 Å². The number of carbonyl (C=O) groups is 1. The molecule has 0 saturated carbocycles. The smallest absolute Gasteiger partial charge is 0.227 e. The molecule has 2 unspecified atom stereocenters. The van der Waals surface area contributed by atoms with E-state index < -0.39 is 0 Å². The van der Waals surface area contributed by atoms with Crippen molar-refractivity contribution in [3.63, 3.8) is 0 Å². The highest BCUT2D eigenvalue weighted by Crippen LogP contribution is 2.30. The number of benzene rings is 1. The average molecular weight is 342 g/mol. The van der Waals surface area contributed by atoms with E-state index in [0.717, 1.165) is 57.6 Å². The molecular formula is C21H30N2O2. The first-order valence-electron chi connectivity index (χ1n) is 9.45. The number of ether oxygens (including phenoxy) is 1. The molecule has 2 atom stereocenters. The molecule has 136 valence electrons. The quantitative estimate of drug-likeness (QED) is 0.713. The maximum absolute atomic E-state index is 12.7. The van der Waals surface area contributed by atoms with Crippen LogP contribution in [0.3, 0.4) is 0 Å². The van der Waals surface area contributed by atoms with Gasteiger partial charge in [-0.25, -0.2) is 0 Å². The van der Waals surface area contributed by atoms with E-state index in [1.807, 2.05) is 6.08 Å². The van der Waals surface area contributed by atoms with Gasteiger partial charge < -0.3 is 9.64 Å². The Bertz CT molecular complexity index is 628. The summed E-state index contributed by atoms with van der Waals surface area (Å²) in [6.45, 7) is 9.68. The molecule has 3 saturated heterocycles. The van der Waals surface area contributed by atoms with E-state index in [-0.39, 0.29) is 5.92 Å². The number of allylic oxidation sites excluding steroid dienone is 1. The second-order valence-electron chi connectivity index (χ2n) is 7.29. The van der Waals surface area contributed by atoms with Crippen molar-refractivity contribution >= 4 is 5.91 Å².